The van der Waals surface area contributed by atoms with E-state index in [4.69, 9.17) is 16.3 Å². The molecule has 1 saturated heterocycles. The van der Waals surface area contributed by atoms with Crippen molar-refractivity contribution in [2.45, 2.75) is 26.0 Å². The van der Waals surface area contributed by atoms with Crippen molar-refractivity contribution < 1.29 is 4.74 Å². The minimum atomic E-state index is 0.319. The van der Waals surface area contributed by atoms with Crippen molar-refractivity contribution in [3.8, 4) is 0 Å². The van der Waals surface area contributed by atoms with Gasteiger partial charge in [-0.15, -0.1) is 0 Å². The number of ether oxygens (including phenoxy) is 1. The summed E-state index contributed by atoms with van der Waals surface area (Å²) < 4.78 is 5.37. The molecule has 1 N–H and O–H groups in total. The summed E-state index contributed by atoms with van der Waals surface area (Å²) in [5.41, 5.74) is 0.914. The minimum absolute atomic E-state index is 0.319. The third kappa shape index (κ3) is 3.13. The van der Waals surface area contributed by atoms with E-state index in [9.17, 15) is 0 Å². The summed E-state index contributed by atoms with van der Waals surface area (Å²) in [4.78, 5) is 6.89. The molecule has 1 fully saturated rings. The summed E-state index contributed by atoms with van der Waals surface area (Å²) in [6, 6.07) is 3.91. The van der Waals surface area contributed by atoms with Crippen LogP contribution in [0.25, 0.3) is 0 Å². The fraction of sp³-hybridized carbons (Fsp3) is 0.615. The summed E-state index contributed by atoms with van der Waals surface area (Å²) in [6.07, 6.45) is 1.38. The van der Waals surface area contributed by atoms with Gasteiger partial charge in [0, 0.05) is 26.7 Å². The predicted molar refractivity (Wildman–Crippen MR) is 74.3 cm³/mol. The van der Waals surface area contributed by atoms with Gasteiger partial charge >= 0.3 is 0 Å². The van der Waals surface area contributed by atoms with Crippen molar-refractivity contribution in [1.29, 1.82) is 0 Å². The minimum Gasteiger partial charge on any atom is -0.380 e. The second-order valence-electron chi connectivity index (χ2n) is 4.47. The number of nitrogens with zero attached hydrogens (tertiary/aromatic N) is 2. The van der Waals surface area contributed by atoms with Gasteiger partial charge in [0.15, 0.2) is 0 Å². The zero-order valence-corrected chi connectivity index (χ0v) is 11.7. The molecule has 1 unspecified atom stereocenters. The lowest BCUT2D eigenvalue weighted by atomic mass is 10.3. The number of methoxy groups -OCH3 is 1. The number of halogens is 1. The third-order valence-electron chi connectivity index (χ3n) is 3.25. The lowest BCUT2D eigenvalue weighted by Crippen LogP contribution is -2.24. The van der Waals surface area contributed by atoms with Crippen LogP contribution in [0.2, 0.25) is 5.02 Å². The van der Waals surface area contributed by atoms with Crippen LogP contribution < -0.4 is 10.2 Å². The predicted octanol–water partition coefficient (Wildman–Crippen LogP) is 2.07. The molecule has 0 amide bonds. The van der Waals surface area contributed by atoms with Crippen LogP contribution in [-0.2, 0) is 11.3 Å². The molecule has 0 bridgehead atoms. The quantitative estimate of drug-likeness (QED) is 0.888. The molecular weight excluding hydrogens is 250 g/mol. The Morgan fingerprint density at radius 2 is 2.39 bits per heavy atom. The second kappa shape index (κ2) is 6.36. The Morgan fingerprint density at radius 1 is 1.56 bits per heavy atom. The van der Waals surface area contributed by atoms with E-state index < -0.39 is 0 Å². The van der Waals surface area contributed by atoms with Gasteiger partial charge in [0.2, 0.25) is 0 Å². The molecule has 4 nitrogen and oxygen atoms in total. The van der Waals surface area contributed by atoms with Crippen LogP contribution in [-0.4, -0.2) is 37.8 Å². The van der Waals surface area contributed by atoms with Crippen molar-refractivity contribution in [2.24, 2.45) is 0 Å². The monoisotopic (exact) mass is 269 g/mol. The van der Waals surface area contributed by atoms with Gasteiger partial charge < -0.3 is 15.0 Å². The Hall–Kier alpha value is -0.840. The maximum atomic E-state index is 6.15. The standard InChI is InChI=1S/C13H20ClN3O/c1-3-15-8-12-11(14)4-5-13(16-12)17-7-6-10(9-17)18-2/h4-5,10,15H,3,6-9H2,1-2H3. The highest BCUT2D eigenvalue weighted by molar-refractivity contribution is 6.31. The maximum absolute atomic E-state index is 6.15. The highest BCUT2D eigenvalue weighted by atomic mass is 35.5. The van der Waals surface area contributed by atoms with Gasteiger partial charge in [-0.25, -0.2) is 4.98 Å². The normalized spacial score (nSPS) is 19.5. The van der Waals surface area contributed by atoms with Crippen LogP contribution in [0.4, 0.5) is 5.82 Å². The van der Waals surface area contributed by atoms with E-state index in [1.807, 2.05) is 12.1 Å². The van der Waals surface area contributed by atoms with E-state index in [1.54, 1.807) is 7.11 Å². The van der Waals surface area contributed by atoms with E-state index >= 15 is 0 Å². The van der Waals surface area contributed by atoms with E-state index in [2.05, 4.69) is 22.1 Å². The van der Waals surface area contributed by atoms with Crippen molar-refractivity contribution in [3.05, 3.63) is 22.8 Å². The largest absolute Gasteiger partial charge is 0.380 e. The molecule has 1 aliphatic rings. The Bertz CT molecular complexity index is 400. The number of hydrogen-bond acceptors (Lipinski definition) is 4. The average Bonchev–Trinajstić information content (AvgIpc) is 2.86. The molecule has 5 heteroatoms. The molecule has 100 valence electrons. The molecule has 0 radical (unpaired) electrons. The van der Waals surface area contributed by atoms with Gasteiger partial charge in [0.25, 0.3) is 0 Å². The molecule has 1 aliphatic heterocycles. The smallest absolute Gasteiger partial charge is 0.129 e. The molecule has 0 saturated carbocycles. The molecule has 2 heterocycles. The Balaban J connectivity index is 2.09. The molecule has 18 heavy (non-hydrogen) atoms. The maximum Gasteiger partial charge on any atom is 0.129 e. The van der Waals surface area contributed by atoms with Crippen LogP contribution >= 0.6 is 11.6 Å². The Kier molecular flexibility index (Phi) is 4.80. The first-order valence-electron chi connectivity index (χ1n) is 6.38. The Labute approximate surface area is 113 Å². The van der Waals surface area contributed by atoms with Crippen LogP contribution in [0.15, 0.2) is 12.1 Å². The zero-order chi connectivity index (χ0) is 13.0. The van der Waals surface area contributed by atoms with Crippen molar-refractivity contribution in [2.75, 3.05) is 31.6 Å². The highest BCUT2D eigenvalue weighted by Gasteiger charge is 2.23. The number of anilines is 1. The van der Waals surface area contributed by atoms with Crippen molar-refractivity contribution >= 4 is 17.4 Å². The summed E-state index contributed by atoms with van der Waals surface area (Å²) >= 11 is 6.15. The van der Waals surface area contributed by atoms with Crippen LogP contribution in [0.3, 0.4) is 0 Å². The molecule has 0 spiro atoms. The van der Waals surface area contributed by atoms with Gasteiger partial charge in [-0.2, -0.15) is 0 Å². The molecule has 1 aromatic rings. The van der Waals surface area contributed by atoms with Gasteiger partial charge in [0.05, 0.1) is 16.8 Å². The van der Waals surface area contributed by atoms with Crippen LogP contribution in [0.5, 0.6) is 0 Å². The van der Waals surface area contributed by atoms with E-state index in [0.29, 0.717) is 12.6 Å². The lowest BCUT2D eigenvalue weighted by Gasteiger charge is -2.18. The Morgan fingerprint density at radius 3 is 3.06 bits per heavy atom. The second-order valence-corrected chi connectivity index (χ2v) is 4.88. The van der Waals surface area contributed by atoms with Crippen molar-refractivity contribution in [3.63, 3.8) is 0 Å². The number of hydrogen-bond donors (Lipinski definition) is 1. The fourth-order valence-corrected chi connectivity index (χ4v) is 2.32. The van der Waals surface area contributed by atoms with E-state index in [0.717, 1.165) is 42.6 Å². The molecule has 1 aromatic heterocycles. The zero-order valence-electron chi connectivity index (χ0n) is 10.9. The van der Waals surface area contributed by atoms with E-state index in [1.165, 1.54) is 0 Å². The van der Waals surface area contributed by atoms with Gasteiger partial charge in [-0.3, -0.25) is 0 Å². The first kappa shape index (κ1) is 13.6. The molecule has 0 aromatic carbocycles. The van der Waals surface area contributed by atoms with Gasteiger partial charge in [0.1, 0.15) is 5.82 Å². The molecule has 0 aliphatic carbocycles. The lowest BCUT2D eigenvalue weighted by molar-refractivity contribution is 0.121. The highest BCUT2D eigenvalue weighted by Crippen LogP contribution is 2.23. The van der Waals surface area contributed by atoms with Gasteiger partial charge in [-0.1, -0.05) is 18.5 Å². The van der Waals surface area contributed by atoms with Crippen LogP contribution in [0.1, 0.15) is 19.0 Å². The van der Waals surface area contributed by atoms with E-state index in [-0.39, 0.29) is 0 Å². The number of pyridine rings is 1. The summed E-state index contributed by atoms with van der Waals surface area (Å²) in [7, 11) is 1.76. The molecule has 1 atom stereocenters. The third-order valence-corrected chi connectivity index (χ3v) is 3.59. The van der Waals surface area contributed by atoms with Gasteiger partial charge in [-0.05, 0) is 25.1 Å². The fourth-order valence-electron chi connectivity index (χ4n) is 2.15. The first-order chi connectivity index (χ1) is 8.74. The van der Waals surface area contributed by atoms with Crippen molar-refractivity contribution in [1.82, 2.24) is 10.3 Å². The number of nitrogens with one attached hydrogen (secondary N) is 1. The summed E-state index contributed by atoms with van der Waals surface area (Å²) in [6.45, 7) is 5.60. The molecule has 2 rings (SSSR count). The molecular formula is C13H20ClN3O. The number of aromatic nitrogens is 1. The first-order valence-corrected chi connectivity index (χ1v) is 6.76. The average molecular weight is 270 g/mol. The summed E-state index contributed by atoms with van der Waals surface area (Å²) in [5, 5.41) is 3.98. The topological polar surface area (TPSA) is 37.4 Å². The van der Waals surface area contributed by atoms with Crippen LogP contribution in [0, 0.1) is 0 Å². The SMILES string of the molecule is CCNCc1nc(N2CCC(OC)C2)ccc1Cl. The number of rotatable bonds is 5. The summed E-state index contributed by atoms with van der Waals surface area (Å²) in [5.74, 6) is 0.992.